The van der Waals surface area contributed by atoms with E-state index in [1.54, 1.807) is 32.3 Å². The van der Waals surface area contributed by atoms with Crippen molar-refractivity contribution in [2.24, 2.45) is 0 Å². The third-order valence-corrected chi connectivity index (χ3v) is 8.57. The van der Waals surface area contributed by atoms with Crippen molar-refractivity contribution in [3.63, 3.8) is 0 Å². The fourth-order valence-electron chi connectivity index (χ4n) is 3.86. The first kappa shape index (κ1) is 22.8. The van der Waals surface area contributed by atoms with Crippen LogP contribution in [-0.2, 0) is 9.09 Å². The van der Waals surface area contributed by atoms with Gasteiger partial charge in [0.15, 0.2) is 0 Å². The monoisotopic (exact) mass is 488 g/mol. The number of benzene rings is 2. The van der Waals surface area contributed by atoms with E-state index in [0.717, 1.165) is 26.2 Å². The average molecular weight is 488 g/mol. The van der Waals surface area contributed by atoms with Crippen molar-refractivity contribution in [3.8, 4) is 17.2 Å². The maximum absolute atomic E-state index is 13.5. The van der Waals surface area contributed by atoms with Crippen LogP contribution in [0.4, 0.5) is 5.69 Å². The number of nitro groups is 1. The molecule has 0 radical (unpaired) electrons. The summed E-state index contributed by atoms with van der Waals surface area (Å²) in [6.45, 7) is 3.19. The highest BCUT2D eigenvalue weighted by molar-refractivity contribution is 7.54. The minimum absolute atomic E-state index is 0.00871. The number of hydrogen-bond acceptors (Lipinski definition) is 7. The molecule has 180 valence electrons. The van der Waals surface area contributed by atoms with Crippen LogP contribution < -0.4 is 9.47 Å². The maximum atomic E-state index is 13.5. The van der Waals surface area contributed by atoms with Crippen molar-refractivity contribution in [2.75, 3.05) is 46.9 Å². The second-order valence-corrected chi connectivity index (χ2v) is 10.9. The zero-order chi connectivity index (χ0) is 24.0. The summed E-state index contributed by atoms with van der Waals surface area (Å²) in [6.07, 6.45) is -0.0940. The van der Waals surface area contributed by atoms with Gasteiger partial charge in [-0.3, -0.25) is 24.0 Å². The van der Waals surface area contributed by atoms with Crippen LogP contribution in [-0.4, -0.2) is 72.0 Å². The number of ether oxygens (including phenoxy) is 2. The molecule has 0 spiro atoms. The van der Waals surface area contributed by atoms with Gasteiger partial charge in [0.05, 0.1) is 23.7 Å². The van der Waals surface area contributed by atoms with E-state index in [1.165, 1.54) is 23.1 Å². The fourth-order valence-corrected chi connectivity index (χ4v) is 6.22. The molecule has 2 aromatic rings. The Kier molecular flexibility index (Phi) is 5.81. The van der Waals surface area contributed by atoms with Gasteiger partial charge in [-0.05, 0) is 24.3 Å². The van der Waals surface area contributed by atoms with Crippen LogP contribution in [0.3, 0.4) is 0 Å². The Bertz CT molecular complexity index is 1180. The lowest BCUT2D eigenvalue weighted by atomic mass is 10.0. The molecule has 0 unspecified atom stereocenters. The Balaban J connectivity index is 1.48. The molecule has 2 aromatic carbocycles. The Labute approximate surface area is 196 Å². The van der Waals surface area contributed by atoms with Crippen LogP contribution in [0.1, 0.15) is 28.4 Å². The first-order chi connectivity index (χ1) is 16.3. The van der Waals surface area contributed by atoms with E-state index in [1.807, 2.05) is 9.34 Å². The summed E-state index contributed by atoms with van der Waals surface area (Å²) in [6, 6.07) is 9.28. The molecular formula is C22H25N4O7P. The van der Waals surface area contributed by atoms with Gasteiger partial charge in [-0.15, -0.1) is 0 Å². The highest BCUT2D eigenvalue weighted by Gasteiger charge is 2.51. The molecule has 2 fully saturated rings. The summed E-state index contributed by atoms with van der Waals surface area (Å²) < 4.78 is 35.0. The number of carbonyl (C=O) groups excluding carboxylic acids is 1. The smallest absolute Gasteiger partial charge is 0.346 e. The minimum Gasteiger partial charge on any atom is -0.493 e. The normalized spacial score (nSPS) is 19.6. The number of fused-ring (bicyclic) bond motifs is 1. The highest BCUT2D eigenvalue weighted by atomic mass is 31.2. The van der Waals surface area contributed by atoms with Crippen LogP contribution >= 0.6 is 7.67 Å². The largest absolute Gasteiger partial charge is 0.493 e. The Morgan fingerprint density at radius 3 is 2.50 bits per heavy atom. The van der Waals surface area contributed by atoms with E-state index < -0.39 is 18.7 Å². The predicted molar refractivity (Wildman–Crippen MR) is 122 cm³/mol. The summed E-state index contributed by atoms with van der Waals surface area (Å²) in [5, 5.41) is 11.8. The molecule has 5 rings (SSSR count). The second-order valence-electron chi connectivity index (χ2n) is 8.57. The Morgan fingerprint density at radius 2 is 1.88 bits per heavy atom. The van der Waals surface area contributed by atoms with Gasteiger partial charge in [0.25, 0.3) is 5.91 Å². The van der Waals surface area contributed by atoms with Gasteiger partial charge in [0.1, 0.15) is 11.5 Å². The number of amides is 1. The van der Waals surface area contributed by atoms with Gasteiger partial charge in [-0.1, -0.05) is 6.07 Å². The number of hydrogen-bond donors (Lipinski definition) is 0. The summed E-state index contributed by atoms with van der Waals surface area (Å²) in [5.41, 5.74) is 0.672. The van der Waals surface area contributed by atoms with Gasteiger partial charge in [0, 0.05) is 57.8 Å². The van der Waals surface area contributed by atoms with E-state index in [4.69, 9.17) is 14.0 Å². The van der Waals surface area contributed by atoms with Crippen LogP contribution in [0.5, 0.6) is 17.2 Å². The van der Waals surface area contributed by atoms with Crippen molar-refractivity contribution < 1.29 is 28.3 Å². The quantitative estimate of drug-likeness (QED) is 0.238. The fraction of sp³-hybridized carbons (Fsp3) is 0.409. The molecule has 3 aliphatic heterocycles. The van der Waals surface area contributed by atoms with Crippen LogP contribution in [0, 0.1) is 10.1 Å². The molecule has 3 aliphatic rings. The van der Waals surface area contributed by atoms with Crippen LogP contribution in [0.25, 0.3) is 0 Å². The van der Waals surface area contributed by atoms with Gasteiger partial charge in [-0.2, -0.15) is 0 Å². The van der Waals surface area contributed by atoms with Gasteiger partial charge >= 0.3 is 13.4 Å². The third kappa shape index (κ3) is 4.39. The summed E-state index contributed by atoms with van der Waals surface area (Å²) in [5.74, 6) is 0.373. The zero-order valence-corrected chi connectivity index (χ0v) is 19.8. The van der Waals surface area contributed by atoms with Crippen molar-refractivity contribution in [1.82, 2.24) is 14.2 Å². The van der Waals surface area contributed by atoms with Gasteiger partial charge in [0.2, 0.25) is 5.75 Å². The SMILES string of the molecule is CN(C)C(=O)c1cccc(Oc2cc3c(cc2[N+](=O)[O-])OCC[C@H]3OP(=O)(N2CC2)N2CC2)c1. The number of nitrogens with zero attached hydrogens (tertiary/aromatic N) is 4. The molecule has 0 saturated carbocycles. The van der Waals surface area contributed by atoms with Crippen LogP contribution in [0.2, 0.25) is 0 Å². The highest BCUT2D eigenvalue weighted by Crippen LogP contribution is 2.64. The van der Waals surface area contributed by atoms with Crippen molar-refractivity contribution >= 4 is 19.3 Å². The van der Waals surface area contributed by atoms with E-state index in [-0.39, 0.29) is 23.1 Å². The van der Waals surface area contributed by atoms with E-state index in [0.29, 0.717) is 29.9 Å². The van der Waals surface area contributed by atoms with Crippen LogP contribution in [0.15, 0.2) is 36.4 Å². The topological polar surface area (TPSA) is 114 Å². The van der Waals surface area contributed by atoms with Crippen molar-refractivity contribution in [1.29, 1.82) is 0 Å². The average Bonchev–Trinajstić information content (AvgIpc) is 3.71. The van der Waals surface area contributed by atoms with Crippen molar-refractivity contribution in [3.05, 3.63) is 57.6 Å². The van der Waals surface area contributed by atoms with E-state index in [2.05, 4.69) is 0 Å². The molecule has 11 nitrogen and oxygen atoms in total. The van der Waals surface area contributed by atoms with Gasteiger partial charge in [-0.25, -0.2) is 9.34 Å². The standard InChI is InChI=1S/C22H25N4O7P/c1-23(2)22(27)15-4-3-5-16(12-15)32-21-13-17-19(6-11-31-20(17)14-18(21)26(28)29)33-34(30,24-7-8-24)25-9-10-25/h3-5,12-14,19H,6-11H2,1-2H3/t19-/m1/s1. The van der Waals surface area contributed by atoms with E-state index >= 15 is 0 Å². The molecule has 34 heavy (non-hydrogen) atoms. The molecule has 0 bridgehead atoms. The molecule has 0 aromatic heterocycles. The predicted octanol–water partition coefficient (Wildman–Crippen LogP) is 3.67. The lowest BCUT2D eigenvalue weighted by molar-refractivity contribution is -0.385. The zero-order valence-electron chi connectivity index (χ0n) is 18.9. The first-order valence-electron chi connectivity index (χ1n) is 11.0. The lowest BCUT2D eigenvalue weighted by Crippen LogP contribution is -2.21. The molecule has 1 amide bonds. The summed E-state index contributed by atoms with van der Waals surface area (Å²) in [4.78, 5) is 25.0. The second kappa shape index (κ2) is 8.66. The molecule has 2 saturated heterocycles. The summed E-state index contributed by atoms with van der Waals surface area (Å²) >= 11 is 0. The summed E-state index contributed by atoms with van der Waals surface area (Å²) in [7, 11) is 0.166. The van der Waals surface area contributed by atoms with Crippen molar-refractivity contribution in [2.45, 2.75) is 12.5 Å². The Hall–Kier alpha value is -2.98. The molecule has 0 aliphatic carbocycles. The minimum atomic E-state index is -3.11. The molecular weight excluding hydrogens is 463 g/mol. The number of rotatable bonds is 8. The first-order valence-corrected chi connectivity index (χ1v) is 12.5. The molecule has 1 atom stereocenters. The Morgan fingerprint density at radius 1 is 1.18 bits per heavy atom. The third-order valence-electron chi connectivity index (χ3n) is 5.81. The molecule has 3 heterocycles. The maximum Gasteiger partial charge on any atom is 0.346 e. The molecule has 12 heteroatoms. The number of nitro benzene ring substituents is 1. The van der Waals surface area contributed by atoms with Gasteiger partial charge < -0.3 is 14.4 Å². The van der Waals surface area contributed by atoms with E-state index in [9.17, 15) is 19.5 Å². The molecule has 0 N–H and O–H groups in total. The number of carbonyl (C=O) groups is 1. The lowest BCUT2D eigenvalue weighted by Gasteiger charge is -2.30.